The molecule has 1 aromatic rings. The van der Waals surface area contributed by atoms with Crippen LogP contribution in [-0.2, 0) is 9.59 Å². The molecule has 8 nitrogen and oxygen atoms in total. The first-order valence-electron chi connectivity index (χ1n) is 10.9. The Morgan fingerprint density at radius 3 is 1.74 bits per heavy atom. The Labute approximate surface area is 206 Å². The van der Waals surface area contributed by atoms with Crippen molar-refractivity contribution >= 4 is 23.3 Å². The number of carbonyl (C=O) groups is 2. The summed E-state index contributed by atoms with van der Waals surface area (Å²) in [5.41, 5.74) is -0.265. The molecule has 0 aliphatic carbocycles. The van der Waals surface area contributed by atoms with Crippen LogP contribution >= 0.6 is 0 Å². The van der Waals surface area contributed by atoms with Crippen molar-refractivity contribution in [2.24, 2.45) is 0 Å². The molecule has 0 saturated carbocycles. The largest absolute Gasteiger partial charge is 1.00 e. The number of nitrogens with zero attached hydrogens (tertiary/aromatic N) is 1. The van der Waals surface area contributed by atoms with Crippen LogP contribution in [0.15, 0.2) is 18.2 Å². The summed E-state index contributed by atoms with van der Waals surface area (Å²) in [7, 11) is 0. The van der Waals surface area contributed by atoms with Crippen LogP contribution < -0.4 is 40.0 Å². The van der Waals surface area contributed by atoms with Gasteiger partial charge < -0.3 is 15.5 Å². The van der Waals surface area contributed by atoms with Gasteiger partial charge >= 0.3 is 35.5 Å². The molecule has 1 amide bonds. The molecule has 0 bridgehead atoms. The number of amides is 1. The molecular formula is C22H33N2NaO6. The number of non-ortho nitro benzene ring substituents is 1. The standard InChI is InChI=1S/C22H34N2O6.Na/c25-20-16-15-18(24(29)30)17-19(20)23-21(26)13-11-9-7-5-3-1-2-4-6-8-10-12-14-22(27)28;/h15-17,25H,1-14H2,(H,23,26)(H,27,28);/q;+1/p-1. The number of hydrogen-bond acceptors (Lipinski definition) is 5. The Morgan fingerprint density at radius 2 is 1.29 bits per heavy atom. The first kappa shape index (κ1) is 29.4. The van der Waals surface area contributed by atoms with E-state index in [0.29, 0.717) is 6.42 Å². The number of nitrogens with one attached hydrogen (secondary N) is 1. The minimum absolute atomic E-state index is 0. The molecule has 0 aliphatic rings. The molecule has 0 spiro atoms. The van der Waals surface area contributed by atoms with E-state index >= 15 is 0 Å². The van der Waals surface area contributed by atoms with Crippen molar-refractivity contribution in [3.8, 4) is 5.75 Å². The fourth-order valence-electron chi connectivity index (χ4n) is 3.27. The maximum Gasteiger partial charge on any atom is 1.00 e. The number of nitro benzene ring substituents is 1. The SMILES string of the molecule is O=C(O)CCCCCCCCCCCCCCC(=O)Nc1cc([N+](=O)[O-])ccc1[O-].[Na+]. The predicted molar refractivity (Wildman–Crippen MR) is 113 cm³/mol. The minimum Gasteiger partial charge on any atom is -0.871 e. The van der Waals surface area contributed by atoms with E-state index in [9.17, 15) is 24.8 Å². The normalized spacial score (nSPS) is 10.3. The van der Waals surface area contributed by atoms with Gasteiger partial charge in [-0.15, -0.1) is 0 Å². The van der Waals surface area contributed by atoms with Crippen molar-refractivity contribution in [3.05, 3.63) is 28.3 Å². The number of hydrogen-bond donors (Lipinski definition) is 2. The van der Waals surface area contributed by atoms with Crippen LogP contribution in [0.5, 0.6) is 5.75 Å². The number of anilines is 1. The van der Waals surface area contributed by atoms with Crippen LogP contribution in [0.2, 0.25) is 0 Å². The fourth-order valence-corrected chi connectivity index (χ4v) is 3.27. The summed E-state index contributed by atoms with van der Waals surface area (Å²) < 4.78 is 0. The van der Waals surface area contributed by atoms with Crippen molar-refractivity contribution < 1.29 is 54.3 Å². The second-order valence-electron chi connectivity index (χ2n) is 7.62. The Bertz CT molecular complexity index is 684. The van der Waals surface area contributed by atoms with Crippen molar-refractivity contribution in [2.75, 3.05) is 5.32 Å². The third-order valence-corrected chi connectivity index (χ3v) is 4.99. The summed E-state index contributed by atoms with van der Waals surface area (Å²) in [6.07, 6.45) is 13.3. The van der Waals surface area contributed by atoms with Crippen LogP contribution in [0.3, 0.4) is 0 Å². The summed E-state index contributed by atoms with van der Waals surface area (Å²) in [5.74, 6) is -1.44. The molecule has 1 rings (SSSR count). The third kappa shape index (κ3) is 14.9. The maximum atomic E-state index is 11.9. The van der Waals surface area contributed by atoms with Gasteiger partial charge in [0.25, 0.3) is 5.69 Å². The molecule has 0 atom stereocenters. The first-order chi connectivity index (χ1) is 14.4. The fraction of sp³-hybridized carbons (Fsp3) is 0.636. The quantitative estimate of drug-likeness (QED) is 0.164. The maximum absolute atomic E-state index is 11.9. The zero-order valence-electron chi connectivity index (χ0n) is 18.6. The molecule has 168 valence electrons. The van der Waals surface area contributed by atoms with Gasteiger partial charge in [-0.25, -0.2) is 0 Å². The second kappa shape index (κ2) is 18.0. The summed E-state index contributed by atoms with van der Waals surface area (Å²) in [6, 6.07) is 3.31. The van der Waals surface area contributed by atoms with E-state index in [1.165, 1.54) is 32.1 Å². The molecule has 1 aromatic carbocycles. The van der Waals surface area contributed by atoms with Crippen molar-refractivity contribution in [1.82, 2.24) is 0 Å². The van der Waals surface area contributed by atoms with E-state index in [2.05, 4.69) is 5.32 Å². The van der Waals surface area contributed by atoms with Gasteiger partial charge in [0.1, 0.15) is 0 Å². The molecule has 0 aromatic heterocycles. The molecule has 0 aliphatic heterocycles. The summed E-state index contributed by atoms with van der Waals surface area (Å²) in [6.45, 7) is 0. The number of benzene rings is 1. The number of carboxylic acid groups (broad SMARTS) is 1. The van der Waals surface area contributed by atoms with Gasteiger partial charge in [0, 0.05) is 30.7 Å². The number of carbonyl (C=O) groups excluding carboxylic acids is 1. The topological polar surface area (TPSA) is 133 Å². The van der Waals surface area contributed by atoms with Crippen molar-refractivity contribution in [3.63, 3.8) is 0 Å². The molecular weight excluding hydrogens is 411 g/mol. The number of carboxylic acids is 1. The van der Waals surface area contributed by atoms with Gasteiger partial charge in [0.15, 0.2) is 0 Å². The van der Waals surface area contributed by atoms with Crippen LogP contribution in [0, 0.1) is 10.1 Å². The minimum atomic E-state index is -0.713. The van der Waals surface area contributed by atoms with Gasteiger partial charge in [-0.1, -0.05) is 76.0 Å². The van der Waals surface area contributed by atoms with Gasteiger partial charge in [-0.05, 0) is 12.8 Å². The number of nitro groups is 1. The second-order valence-corrected chi connectivity index (χ2v) is 7.62. The summed E-state index contributed by atoms with van der Waals surface area (Å²) in [4.78, 5) is 32.5. The van der Waals surface area contributed by atoms with Gasteiger partial charge in [-0.2, -0.15) is 0 Å². The molecule has 31 heavy (non-hydrogen) atoms. The van der Waals surface area contributed by atoms with Crippen molar-refractivity contribution in [2.45, 2.75) is 89.9 Å². The monoisotopic (exact) mass is 444 g/mol. The van der Waals surface area contributed by atoms with Crippen molar-refractivity contribution in [1.29, 1.82) is 0 Å². The summed E-state index contributed by atoms with van der Waals surface area (Å²) in [5, 5.41) is 33.5. The van der Waals surface area contributed by atoms with E-state index in [0.717, 1.165) is 63.1 Å². The van der Waals surface area contributed by atoms with E-state index in [4.69, 9.17) is 5.11 Å². The zero-order valence-corrected chi connectivity index (χ0v) is 20.6. The van der Waals surface area contributed by atoms with Crippen LogP contribution in [-0.4, -0.2) is 21.9 Å². The summed E-state index contributed by atoms with van der Waals surface area (Å²) >= 11 is 0. The average Bonchev–Trinajstić information content (AvgIpc) is 2.69. The third-order valence-electron chi connectivity index (χ3n) is 4.99. The Morgan fingerprint density at radius 1 is 0.839 bits per heavy atom. The van der Waals surface area contributed by atoms with Gasteiger partial charge in [-0.3, -0.25) is 19.7 Å². The van der Waals surface area contributed by atoms with E-state index in [1.54, 1.807) is 0 Å². The van der Waals surface area contributed by atoms with E-state index in [1.807, 2.05) is 0 Å². The van der Waals surface area contributed by atoms with E-state index < -0.39 is 16.6 Å². The Hall–Kier alpha value is -1.64. The molecule has 0 unspecified atom stereocenters. The molecule has 0 saturated heterocycles. The van der Waals surface area contributed by atoms with Crippen LogP contribution in [0.1, 0.15) is 89.9 Å². The zero-order chi connectivity index (χ0) is 22.2. The smallest absolute Gasteiger partial charge is 0.871 e. The predicted octanol–water partition coefficient (Wildman–Crippen LogP) is 2.16. The molecule has 0 fully saturated rings. The Kier molecular flexibility index (Phi) is 17.0. The van der Waals surface area contributed by atoms with Crippen LogP contribution in [0.4, 0.5) is 11.4 Å². The number of rotatable bonds is 17. The van der Waals surface area contributed by atoms with Gasteiger partial charge in [0.2, 0.25) is 5.91 Å². The van der Waals surface area contributed by atoms with Crippen LogP contribution in [0.25, 0.3) is 0 Å². The van der Waals surface area contributed by atoms with Gasteiger partial charge in [0.05, 0.1) is 4.92 Å². The molecule has 2 N–H and O–H groups in total. The molecule has 9 heteroatoms. The Balaban J connectivity index is 0.00000900. The molecule has 0 radical (unpaired) electrons. The molecule has 0 heterocycles. The average molecular weight is 445 g/mol. The number of aliphatic carboxylic acids is 1. The first-order valence-corrected chi connectivity index (χ1v) is 10.9. The number of unbranched alkanes of at least 4 members (excludes halogenated alkanes) is 11. The van der Waals surface area contributed by atoms with E-state index in [-0.39, 0.29) is 53.3 Å².